The highest BCUT2D eigenvalue weighted by molar-refractivity contribution is 6.00. The van der Waals surface area contributed by atoms with Crippen molar-refractivity contribution in [2.75, 3.05) is 19.3 Å². The van der Waals surface area contributed by atoms with Crippen LogP contribution in [-0.4, -0.2) is 35.8 Å². The minimum Gasteiger partial charge on any atom is -0.398 e. The van der Waals surface area contributed by atoms with E-state index in [0.29, 0.717) is 0 Å². The van der Waals surface area contributed by atoms with E-state index in [1.807, 2.05) is 0 Å². The highest BCUT2D eigenvalue weighted by Gasteiger charge is 2.21. The molecule has 0 saturated carbocycles. The van der Waals surface area contributed by atoms with Crippen LogP contribution in [-0.2, 0) is 4.79 Å². The van der Waals surface area contributed by atoms with E-state index in [-0.39, 0.29) is 23.7 Å². The van der Waals surface area contributed by atoms with Crippen molar-refractivity contribution < 1.29 is 18.4 Å². The van der Waals surface area contributed by atoms with Crippen LogP contribution in [0.25, 0.3) is 0 Å². The van der Waals surface area contributed by atoms with Gasteiger partial charge in [-0.1, -0.05) is 0 Å². The topological polar surface area (TPSA) is 75.4 Å². The quantitative estimate of drug-likeness (QED) is 0.831. The molecule has 0 atom stereocenters. The lowest BCUT2D eigenvalue weighted by Gasteiger charge is -2.23. The predicted octanol–water partition coefficient (Wildman–Crippen LogP) is 1.53. The van der Waals surface area contributed by atoms with Gasteiger partial charge in [0.15, 0.2) is 11.6 Å². The first-order valence-corrected chi connectivity index (χ1v) is 6.32. The van der Waals surface area contributed by atoms with Crippen LogP contribution >= 0.6 is 0 Å². The van der Waals surface area contributed by atoms with Crippen LogP contribution in [0.4, 0.5) is 14.5 Å². The summed E-state index contributed by atoms with van der Waals surface area (Å²) in [6, 6.07) is 1.47. The van der Waals surface area contributed by atoms with Crippen molar-refractivity contribution >= 4 is 17.5 Å². The van der Waals surface area contributed by atoms with Gasteiger partial charge < -0.3 is 16.0 Å². The van der Waals surface area contributed by atoms with Crippen LogP contribution in [0.15, 0.2) is 12.1 Å². The van der Waals surface area contributed by atoms with Gasteiger partial charge in [0.05, 0.1) is 12.1 Å². The first-order valence-electron chi connectivity index (χ1n) is 6.32. The molecule has 5 nitrogen and oxygen atoms in total. The second-order valence-corrected chi connectivity index (χ2v) is 5.81. The third-order valence-corrected chi connectivity index (χ3v) is 2.56. The zero-order chi connectivity index (χ0) is 16.4. The van der Waals surface area contributed by atoms with Gasteiger partial charge in [-0.25, -0.2) is 8.78 Å². The number of hydrogen-bond donors (Lipinski definition) is 2. The number of likely N-dealkylation sites (N-methyl/N-ethyl adjacent to an activating group) is 1. The Morgan fingerprint density at radius 1 is 1.24 bits per heavy atom. The number of amides is 2. The lowest BCUT2D eigenvalue weighted by molar-refractivity contribution is -0.122. The van der Waals surface area contributed by atoms with E-state index in [2.05, 4.69) is 5.32 Å². The van der Waals surface area contributed by atoms with E-state index in [0.717, 1.165) is 17.0 Å². The number of hydrogen-bond acceptors (Lipinski definition) is 3. The summed E-state index contributed by atoms with van der Waals surface area (Å²) in [5.74, 6) is -3.31. The number of benzene rings is 1. The van der Waals surface area contributed by atoms with E-state index < -0.39 is 23.1 Å². The number of nitrogens with zero attached hydrogens (tertiary/aromatic N) is 1. The molecule has 0 unspecified atom stereocenters. The number of carbonyl (C=O) groups excluding carboxylic acids is 2. The van der Waals surface area contributed by atoms with Crippen molar-refractivity contribution in [1.82, 2.24) is 10.2 Å². The average molecular weight is 299 g/mol. The first kappa shape index (κ1) is 16.9. The van der Waals surface area contributed by atoms with Crippen LogP contribution in [0.5, 0.6) is 0 Å². The fourth-order valence-electron chi connectivity index (χ4n) is 1.70. The SMILES string of the molecule is CN(CC(=O)NC(C)(C)C)C(=O)c1cc(F)c(F)cc1N. The van der Waals surface area contributed by atoms with Gasteiger partial charge >= 0.3 is 0 Å². The van der Waals surface area contributed by atoms with Gasteiger partial charge in [-0.05, 0) is 26.8 Å². The predicted molar refractivity (Wildman–Crippen MR) is 75.6 cm³/mol. The van der Waals surface area contributed by atoms with Crippen LogP contribution in [0.3, 0.4) is 0 Å². The Kier molecular flexibility index (Phi) is 4.88. The molecule has 0 aliphatic heterocycles. The van der Waals surface area contributed by atoms with Crippen LogP contribution in [0.1, 0.15) is 31.1 Å². The van der Waals surface area contributed by atoms with Gasteiger partial charge in [0.1, 0.15) is 0 Å². The van der Waals surface area contributed by atoms with Gasteiger partial charge in [-0.15, -0.1) is 0 Å². The summed E-state index contributed by atoms with van der Waals surface area (Å²) in [5, 5.41) is 2.69. The smallest absolute Gasteiger partial charge is 0.256 e. The monoisotopic (exact) mass is 299 g/mol. The molecular formula is C14H19F2N3O2. The molecule has 0 fully saturated rings. The lowest BCUT2D eigenvalue weighted by atomic mass is 10.1. The summed E-state index contributed by atoms with van der Waals surface area (Å²) in [6.07, 6.45) is 0. The second-order valence-electron chi connectivity index (χ2n) is 5.81. The molecule has 0 aliphatic rings. The molecule has 7 heteroatoms. The molecule has 116 valence electrons. The summed E-state index contributed by atoms with van der Waals surface area (Å²) in [4.78, 5) is 24.9. The molecule has 1 aromatic carbocycles. The normalized spacial score (nSPS) is 11.1. The van der Waals surface area contributed by atoms with Gasteiger partial charge in [0.2, 0.25) is 5.91 Å². The molecule has 0 aromatic heterocycles. The fraction of sp³-hybridized carbons (Fsp3) is 0.429. The minimum absolute atomic E-state index is 0.179. The fourth-order valence-corrected chi connectivity index (χ4v) is 1.70. The highest BCUT2D eigenvalue weighted by Crippen LogP contribution is 2.18. The summed E-state index contributed by atoms with van der Waals surface area (Å²) >= 11 is 0. The maximum absolute atomic E-state index is 13.2. The molecular weight excluding hydrogens is 280 g/mol. The largest absolute Gasteiger partial charge is 0.398 e. The zero-order valence-corrected chi connectivity index (χ0v) is 12.5. The summed E-state index contributed by atoms with van der Waals surface area (Å²) in [7, 11) is 1.38. The van der Waals surface area contributed by atoms with Crippen LogP contribution in [0.2, 0.25) is 0 Å². The van der Waals surface area contributed by atoms with Crippen molar-refractivity contribution in [3.63, 3.8) is 0 Å². The number of halogens is 2. The molecule has 0 aliphatic carbocycles. The number of anilines is 1. The van der Waals surface area contributed by atoms with E-state index in [1.54, 1.807) is 20.8 Å². The van der Waals surface area contributed by atoms with E-state index in [1.165, 1.54) is 7.05 Å². The Balaban J connectivity index is 2.84. The van der Waals surface area contributed by atoms with Gasteiger partial charge in [0, 0.05) is 24.3 Å². The molecule has 0 radical (unpaired) electrons. The molecule has 21 heavy (non-hydrogen) atoms. The third kappa shape index (κ3) is 4.70. The lowest BCUT2D eigenvalue weighted by Crippen LogP contribution is -2.46. The summed E-state index contributed by atoms with van der Waals surface area (Å²) < 4.78 is 26.2. The number of rotatable bonds is 3. The van der Waals surface area contributed by atoms with Crippen LogP contribution in [0, 0.1) is 11.6 Å². The Labute approximate surface area is 122 Å². The van der Waals surface area contributed by atoms with Gasteiger partial charge in [0.25, 0.3) is 5.91 Å². The van der Waals surface area contributed by atoms with Crippen molar-refractivity contribution in [3.8, 4) is 0 Å². The molecule has 0 saturated heterocycles. The van der Waals surface area contributed by atoms with Gasteiger partial charge in [-0.3, -0.25) is 9.59 Å². The number of carbonyl (C=O) groups is 2. The Morgan fingerprint density at radius 3 is 2.29 bits per heavy atom. The molecule has 3 N–H and O–H groups in total. The molecule has 2 amide bonds. The standard InChI is InChI=1S/C14H19F2N3O2/c1-14(2,3)18-12(20)7-19(4)13(21)8-5-9(15)10(16)6-11(8)17/h5-6H,7,17H2,1-4H3,(H,18,20). The number of nitrogens with one attached hydrogen (secondary N) is 1. The zero-order valence-electron chi connectivity index (χ0n) is 12.5. The maximum Gasteiger partial charge on any atom is 0.256 e. The van der Waals surface area contributed by atoms with Crippen molar-refractivity contribution in [1.29, 1.82) is 0 Å². The highest BCUT2D eigenvalue weighted by atomic mass is 19.2. The Morgan fingerprint density at radius 2 is 1.76 bits per heavy atom. The molecule has 1 aromatic rings. The van der Waals surface area contributed by atoms with E-state index in [9.17, 15) is 18.4 Å². The third-order valence-electron chi connectivity index (χ3n) is 2.56. The van der Waals surface area contributed by atoms with Crippen molar-refractivity contribution in [3.05, 3.63) is 29.3 Å². The minimum atomic E-state index is -1.17. The van der Waals surface area contributed by atoms with Crippen molar-refractivity contribution in [2.24, 2.45) is 0 Å². The van der Waals surface area contributed by atoms with Crippen LogP contribution < -0.4 is 11.1 Å². The molecule has 0 spiro atoms. The number of nitrogen functional groups attached to an aromatic ring is 1. The maximum atomic E-state index is 13.2. The van der Waals surface area contributed by atoms with E-state index in [4.69, 9.17) is 5.73 Å². The molecule has 0 bridgehead atoms. The number of nitrogens with two attached hydrogens (primary N) is 1. The molecule has 0 heterocycles. The average Bonchev–Trinajstić information content (AvgIpc) is 2.30. The van der Waals surface area contributed by atoms with Crippen molar-refractivity contribution in [2.45, 2.75) is 26.3 Å². The second kappa shape index (κ2) is 6.07. The Bertz CT molecular complexity index is 568. The van der Waals surface area contributed by atoms with Gasteiger partial charge in [-0.2, -0.15) is 0 Å². The van der Waals surface area contributed by atoms with E-state index >= 15 is 0 Å². The summed E-state index contributed by atoms with van der Waals surface area (Å²) in [6.45, 7) is 5.20. The first-order chi connectivity index (χ1) is 9.51. The summed E-state index contributed by atoms with van der Waals surface area (Å²) in [5.41, 5.74) is 4.72. The Hall–Kier alpha value is -2.18. The molecule has 1 rings (SSSR count).